The Kier molecular flexibility index (Phi) is 3.09. The van der Waals surface area contributed by atoms with Crippen molar-refractivity contribution in [2.75, 3.05) is 14.2 Å². The molecule has 0 N–H and O–H groups in total. The van der Waals surface area contributed by atoms with E-state index in [1.54, 1.807) is 14.2 Å². The molecule has 0 saturated heterocycles. The number of allylic oxidation sites excluding steroid dienone is 3. The number of nitrogens with zero attached hydrogens (tertiary/aromatic N) is 1. The van der Waals surface area contributed by atoms with Gasteiger partial charge in [0, 0.05) is 18.8 Å². The van der Waals surface area contributed by atoms with Crippen LogP contribution in [0.15, 0.2) is 28.5 Å². The van der Waals surface area contributed by atoms with Crippen molar-refractivity contribution in [3.05, 3.63) is 23.5 Å². The van der Waals surface area contributed by atoms with Crippen LogP contribution < -0.4 is 0 Å². The first-order chi connectivity index (χ1) is 5.79. The van der Waals surface area contributed by atoms with Crippen molar-refractivity contribution in [2.45, 2.75) is 13.3 Å². The molecule has 0 bridgehead atoms. The highest BCUT2D eigenvalue weighted by Gasteiger charge is 2.14. The molecule has 0 aromatic rings. The van der Waals surface area contributed by atoms with E-state index in [1.807, 2.05) is 12.3 Å². The molecule has 1 unspecified atom stereocenters. The highest BCUT2D eigenvalue weighted by atomic mass is 16.5. The van der Waals surface area contributed by atoms with Gasteiger partial charge in [-0.3, -0.25) is 4.99 Å². The fourth-order valence-corrected chi connectivity index (χ4v) is 1.36. The molecule has 1 aliphatic rings. The third-order valence-corrected chi connectivity index (χ3v) is 2.06. The van der Waals surface area contributed by atoms with E-state index in [2.05, 4.69) is 18.0 Å². The average Bonchev–Trinajstić information content (AvgIpc) is 2.09. The third-order valence-electron chi connectivity index (χ3n) is 2.06. The minimum Gasteiger partial charge on any atom is -0.496 e. The maximum absolute atomic E-state index is 5.23. The molecule has 1 atom stereocenters. The summed E-state index contributed by atoms with van der Waals surface area (Å²) in [5, 5.41) is 0. The summed E-state index contributed by atoms with van der Waals surface area (Å²) < 4.78 is 5.23. The first kappa shape index (κ1) is 9.04. The molecule has 0 fully saturated rings. The molecule has 0 heterocycles. The maximum Gasteiger partial charge on any atom is 0.123 e. The molecule has 0 saturated carbocycles. The summed E-state index contributed by atoms with van der Waals surface area (Å²) in [5.41, 5.74) is 1.20. The summed E-state index contributed by atoms with van der Waals surface area (Å²) in [4.78, 5) is 4.01. The van der Waals surface area contributed by atoms with E-state index in [1.165, 1.54) is 5.57 Å². The Bertz CT molecular complexity index is 238. The normalized spacial score (nSPS) is 23.8. The number of rotatable bonds is 2. The Labute approximate surface area is 73.6 Å². The van der Waals surface area contributed by atoms with Gasteiger partial charge in [0.25, 0.3) is 0 Å². The van der Waals surface area contributed by atoms with Crippen molar-refractivity contribution in [3.63, 3.8) is 0 Å². The number of methoxy groups -OCH3 is 1. The maximum atomic E-state index is 5.23. The highest BCUT2D eigenvalue weighted by molar-refractivity contribution is 5.81. The Morgan fingerprint density at radius 3 is 3.00 bits per heavy atom. The van der Waals surface area contributed by atoms with Crippen molar-refractivity contribution in [1.29, 1.82) is 0 Å². The minimum atomic E-state index is 0.522. The predicted molar refractivity (Wildman–Crippen MR) is 51.4 cm³/mol. The van der Waals surface area contributed by atoms with Gasteiger partial charge >= 0.3 is 0 Å². The Balaban J connectivity index is 2.95. The lowest BCUT2D eigenvalue weighted by atomic mass is 9.93. The molecule has 0 aromatic heterocycles. The second kappa shape index (κ2) is 4.10. The van der Waals surface area contributed by atoms with Crippen LogP contribution in [0.25, 0.3) is 0 Å². The first-order valence-electron chi connectivity index (χ1n) is 4.16. The summed E-state index contributed by atoms with van der Waals surface area (Å²) in [6.45, 7) is 2.18. The Hall–Kier alpha value is -1.05. The Morgan fingerprint density at radius 2 is 2.42 bits per heavy atom. The van der Waals surface area contributed by atoms with Gasteiger partial charge in [-0.05, 0) is 18.4 Å². The molecule has 0 spiro atoms. The van der Waals surface area contributed by atoms with Crippen molar-refractivity contribution in [3.8, 4) is 0 Å². The summed E-state index contributed by atoms with van der Waals surface area (Å²) in [6.07, 6.45) is 7.11. The molecule has 0 radical (unpaired) electrons. The minimum absolute atomic E-state index is 0.522. The second-order valence-corrected chi connectivity index (χ2v) is 2.95. The van der Waals surface area contributed by atoms with Gasteiger partial charge in [0.15, 0.2) is 0 Å². The molecule has 2 nitrogen and oxygen atoms in total. The van der Waals surface area contributed by atoms with Crippen LogP contribution in [0, 0.1) is 5.92 Å². The molecule has 66 valence electrons. The first-order valence-corrected chi connectivity index (χ1v) is 4.16. The summed E-state index contributed by atoms with van der Waals surface area (Å²) in [6, 6.07) is 0. The average molecular weight is 165 g/mol. The van der Waals surface area contributed by atoms with E-state index in [0.717, 1.165) is 12.2 Å². The van der Waals surface area contributed by atoms with E-state index in [9.17, 15) is 0 Å². The zero-order valence-electron chi connectivity index (χ0n) is 7.87. The number of ether oxygens (including phenoxy) is 1. The molecule has 2 heteroatoms. The van der Waals surface area contributed by atoms with Gasteiger partial charge in [-0.25, -0.2) is 0 Å². The van der Waals surface area contributed by atoms with Crippen LogP contribution in [-0.2, 0) is 4.74 Å². The van der Waals surface area contributed by atoms with Gasteiger partial charge in [-0.2, -0.15) is 0 Å². The summed E-state index contributed by atoms with van der Waals surface area (Å²) in [5.74, 6) is 1.47. The van der Waals surface area contributed by atoms with Crippen LogP contribution in [0.1, 0.15) is 13.3 Å². The summed E-state index contributed by atoms with van der Waals surface area (Å²) in [7, 11) is 3.48. The molecule has 0 aromatic carbocycles. The zero-order chi connectivity index (χ0) is 8.97. The standard InChI is InChI=1S/C10H15NO/c1-8-5-4-6-10(12-3)9(8)7-11-2/h4,6-8H,5H2,1-3H3/b11-7+. The zero-order valence-corrected chi connectivity index (χ0v) is 7.87. The molecule has 0 aliphatic heterocycles. The lowest BCUT2D eigenvalue weighted by molar-refractivity contribution is 0.298. The lowest BCUT2D eigenvalue weighted by Gasteiger charge is -2.17. The van der Waals surface area contributed by atoms with Crippen LogP contribution in [0.2, 0.25) is 0 Å². The van der Waals surface area contributed by atoms with Crippen molar-refractivity contribution < 1.29 is 4.74 Å². The third kappa shape index (κ3) is 1.76. The lowest BCUT2D eigenvalue weighted by Crippen LogP contribution is -2.08. The van der Waals surface area contributed by atoms with Crippen molar-refractivity contribution in [2.24, 2.45) is 10.9 Å². The van der Waals surface area contributed by atoms with Crippen LogP contribution >= 0.6 is 0 Å². The molecule has 12 heavy (non-hydrogen) atoms. The quantitative estimate of drug-likeness (QED) is 0.575. The second-order valence-electron chi connectivity index (χ2n) is 2.95. The van der Waals surface area contributed by atoms with E-state index in [-0.39, 0.29) is 0 Å². The van der Waals surface area contributed by atoms with Gasteiger partial charge in [-0.15, -0.1) is 0 Å². The van der Waals surface area contributed by atoms with E-state index < -0.39 is 0 Å². The Morgan fingerprint density at radius 1 is 1.67 bits per heavy atom. The van der Waals surface area contributed by atoms with Crippen LogP contribution in [0.3, 0.4) is 0 Å². The van der Waals surface area contributed by atoms with Crippen LogP contribution in [0.4, 0.5) is 0 Å². The number of hydrogen-bond acceptors (Lipinski definition) is 2. The van der Waals surface area contributed by atoms with Gasteiger partial charge in [0.2, 0.25) is 0 Å². The monoisotopic (exact) mass is 165 g/mol. The predicted octanol–water partition coefficient (Wildman–Crippen LogP) is 2.18. The molecule has 1 rings (SSSR count). The fourth-order valence-electron chi connectivity index (χ4n) is 1.36. The number of hydrogen-bond donors (Lipinski definition) is 0. The van der Waals surface area contributed by atoms with Gasteiger partial charge in [-0.1, -0.05) is 13.0 Å². The van der Waals surface area contributed by atoms with Crippen LogP contribution in [-0.4, -0.2) is 20.4 Å². The van der Waals surface area contributed by atoms with E-state index in [4.69, 9.17) is 4.74 Å². The molecule has 0 amide bonds. The fraction of sp³-hybridized carbons (Fsp3) is 0.500. The van der Waals surface area contributed by atoms with Crippen LogP contribution in [0.5, 0.6) is 0 Å². The molecular weight excluding hydrogens is 150 g/mol. The summed E-state index contributed by atoms with van der Waals surface area (Å²) >= 11 is 0. The van der Waals surface area contributed by atoms with Crippen molar-refractivity contribution in [1.82, 2.24) is 0 Å². The number of aliphatic imine (C=N–C) groups is 1. The van der Waals surface area contributed by atoms with E-state index in [0.29, 0.717) is 5.92 Å². The largest absolute Gasteiger partial charge is 0.496 e. The highest BCUT2D eigenvalue weighted by Crippen LogP contribution is 2.23. The molecule has 1 aliphatic carbocycles. The van der Waals surface area contributed by atoms with Gasteiger partial charge in [0.05, 0.1) is 7.11 Å². The van der Waals surface area contributed by atoms with Gasteiger partial charge < -0.3 is 4.74 Å². The van der Waals surface area contributed by atoms with Gasteiger partial charge in [0.1, 0.15) is 5.76 Å². The molecular formula is C10H15NO. The van der Waals surface area contributed by atoms with E-state index >= 15 is 0 Å². The smallest absolute Gasteiger partial charge is 0.123 e. The topological polar surface area (TPSA) is 21.6 Å². The SMILES string of the molecule is C/N=C/C1=C(OC)C=CCC1C. The van der Waals surface area contributed by atoms with Crippen molar-refractivity contribution >= 4 is 6.21 Å².